The van der Waals surface area contributed by atoms with Crippen LogP contribution >= 0.6 is 0 Å². The summed E-state index contributed by atoms with van der Waals surface area (Å²) < 4.78 is 11.3. The maximum Gasteiger partial charge on any atom is 0.135 e. The molecule has 0 bridgehead atoms. The second kappa shape index (κ2) is 10.3. The molecule has 0 unspecified atom stereocenters. The number of para-hydroxylation sites is 3. The first-order chi connectivity index (χ1) is 25.8. The van der Waals surface area contributed by atoms with E-state index in [9.17, 15) is 0 Å². The van der Waals surface area contributed by atoms with Gasteiger partial charge in [-0.2, -0.15) is 0 Å². The monoisotopic (exact) mass is 663 g/mol. The molecule has 12 rings (SSSR count). The second-order valence-electron chi connectivity index (χ2n) is 13.8. The summed E-state index contributed by atoms with van der Waals surface area (Å²) in [6, 6.07) is 63.6. The smallest absolute Gasteiger partial charge is 0.135 e. The van der Waals surface area contributed by atoms with Crippen LogP contribution in [0.1, 0.15) is 0 Å². The van der Waals surface area contributed by atoms with Crippen molar-refractivity contribution in [2.45, 2.75) is 0 Å². The number of hydrogen-bond donors (Lipinski definition) is 0. The van der Waals surface area contributed by atoms with Crippen molar-refractivity contribution in [3.8, 4) is 11.1 Å². The van der Waals surface area contributed by atoms with Crippen molar-refractivity contribution in [1.29, 1.82) is 0 Å². The van der Waals surface area contributed by atoms with E-state index in [-0.39, 0.29) is 0 Å². The number of benzene rings is 8. The number of fused-ring (bicyclic) bond motifs is 12. The molecule has 8 aromatic carbocycles. The van der Waals surface area contributed by atoms with E-state index < -0.39 is 0 Å². The van der Waals surface area contributed by atoms with Gasteiger partial charge in [0.25, 0.3) is 0 Å². The first kappa shape index (κ1) is 27.7. The SMILES string of the molecule is c1ccc(-c2cccc(N(c3ccc4oc5ccccc5c4c3)c3ccc4c(c3)n3c5ccccc5c5ccc6c7ccccc7n4c6c53)c2)cc1. The fraction of sp³-hybridized carbons (Fsp3) is 0. The number of nitrogens with zero attached hydrogens (tertiary/aromatic N) is 3. The maximum absolute atomic E-state index is 6.28. The molecular weight excluding hydrogens is 635 g/mol. The fourth-order valence-corrected chi connectivity index (χ4v) is 8.78. The number of aromatic nitrogens is 2. The van der Waals surface area contributed by atoms with E-state index in [2.05, 4.69) is 177 Å². The summed E-state index contributed by atoms with van der Waals surface area (Å²) in [5, 5.41) is 7.30. The molecule has 4 heterocycles. The molecule has 4 nitrogen and oxygen atoms in total. The van der Waals surface area contributed by atoms with Crippen LogP contribution in [0.15, 0.2) is 180 Å². The largest absolute Gasteiger partial charge is 0.456 e. The predicted molar refractivity (Wildman–Crippen MR) is 217 cm³/mol. The molecule has 4 aromatic heterocycles. The molecule has 0 spiro atoms. The lowest BCUT2D eigenvalue weighted by molar-refractivity contribution is 0.669. The Balaban J connectivity index is 1.20. The second-order valence-corrected chi connectivity index (χ2v) is 13.8. The molecule has 0 N–H and O–H groups in total. The maximum atomic E-state index is 6.28. The summed E-state index contributed by atoms with van der Waals surface area (Å²) in [5.41, 5.74) is 14.6. The minimum Gasteiger partial charge on any atom is -0.456 e. The molecule has 0 amide bonds. The fourth-order valence-electron chi connectivity index (χ4n) is 8.78. The molecule has 0 aliphatic rings. The van der Waals surface area contributed by atoms with Crippen LogP contribution in [0, 0.1) is 0 Å². The van der Waals surface area contributed by atoms with Crippen LogP contribution in [0.3, 0.4) is 0 Å². The summed E-state index contributed by atoms with van der Waals surface area (Å²) in [4.78, 5) is 2.39. The molecule has 0 saturated heterocycles. The Morgan fingerprint density at radius 2 is 0.904 bits per heavy atom. The van der Waals surface area contributed by atoms with Crippen molar-refractivity contribution in [1.82, 2.24) is 8.80 Å². The number of rotatable bonds is 4. The predicted octanol–water partition coefficient (Wildman–Crippen LogP) is 13.3. The minimum atomic E-state index is 0.884. The Bertz CT molecular complexity index is 3360. The highest BCUT2D eigenvalue weighted by atomic mass is 16.3. The molecule has 0 saturated carbocycles. The highest BCUT2D eigenvalue weighted by Crippen LogP contribution is 2.45. The van der Waals surface area contributed by atoms with E-state index in [1.807, 2.05) is 12.1 Å². The van der Waals surface area contributed by atoms with Crippen LogP contribution in [-0.4, -0.2) is 8.80 Å². The average molecular weight is 664 g/mol. The third kappa shape index (κ3) is 3.70. The van der Waals surface area contributed by atoms with Crippen molar-refractivity contribution >= 4 is 93.6 Å². The first-order valence-electron chi connectivity index (χ1n) is 17.8. The molecule has 0 aliphatic carbocycles. The lowest BCUT2D eigenvalue weighted by Gasteiger charge is -2.27. The van der Waals surface area contributed by atoms with Crippen molar-refractivity contribution < 1.29 is 4.42 Å². The zero-order valence-electron chi connectivity index (χ0n) is 28.0. The van der Waals surface area contributed by atoms with Gasteiger partial charge in [0.1, 0.15) is 11.2 Å². The number of hydrogen-bond acceptors (Lipinski definition) is 2. The number of furan rings is 1. The highest BCUT2D eigenvalue weighted by Gasteiger charge is 2.23. The van der Waals surface area contributed by atoms with E-state index in [1.54, 1.807) is 0 Å². The lowest BCUT2D eigenvalue weighted by atomic mass is 10.0. The Labute approximate surface area is 297 Å². The van der Waals surface area contributed by atoms with E-state index in [1.165, 1.54) is 60.3 Å². The topological polar surface area (TPSA) is 25.2 Å². The summed E-state index contributed by atoms with van der Waals surface area (Å²) in [6.07, 6.45) is 0. The molecule has 4 heteroatoms. The van der Waals surface area contributed by atoms with Crippen molar-refractivity contribution in [3.05, 3.63) is 176 Å². The quantitative estimate of drug-likeness (QED) is 0.175. The normalized spacial score (nSPS) is 12.2. The van der Waals surface area contributed by atoms with Crippen molar-refractivity contribution in [2.24, 2.45) is 0 Å². The summed E-state index contributed by atoms with van der Waals surface area (Å²) in [5.74, 6) is 0. The molecular formula is C48H29N3O. The lowest BCUT2D eigenvalue weighted by Crippen LogP contribution is -2.10. The van der Waals surface area contributed by atoms with Crippen LogP contribution in [-0.2, 0) is 0 Å². The van der Waals surface area contributed by atoms with Gasteiger partial charge in [-0.15, -0.1) is 0 Å². The van der Waals surface area contributed by atoms with Crippen molar-refractivity contribution in [3.63, 3.8) is 0 Å². The van der Waals surface area contributed by atoms with Gasteiger partial charge in [0, 0.05) is 49.4 Å². The van der Waals surface area contributed by atoms with Gasteiger partial charge in [0.15, 0.2) is 0 Å². The zero-order valence-corrected chi connectivity index (χ0v) is 28.0. The zero-order chi connectivity index (χ0) is 33.9. The van der Waals surface area contributed by atoms with E-state index in [0.717, 1.165) is 44.5 Å². The summed E-state index contributed by atoms with van der Waals surface area (Å²) in [6.45, 7) is 0. The van der Waals surface area contributed by atoms with Gasteiger partial charge in [0.2, 0.25) is 0 Å². The van der Waals surface area contributed by atoms with Gasteiger partial charge in [-0.05, 0) is 77.9 Å². The molecule has 0 aliphatic heterocycles. The molecule has 0 radical (unpaired) electrons. The Kier molecular flexibility index (Phi) is 5.47. The first-order valence-corrected chi connectivity index (χ1v) is 17.8. The van der Waals surface area contributed by atoms with Gasteiger partial charge in [-0.3, -0.25) is 0 Å². The van der Waals surface area contributed by atoms with Crippen LogP contribution in [0.5, 0.6) is 0 Å². The number of anilines is 3. The Morgan fingerprint density at radius 3 is 1.67 bits per heavy atom. The molecule has 52 heavy (non-hydrogen) atoms. The van der Waals surface area contributed by atoms with Crippen LogP contribution in [0.25, 0.3) is 87.7 Å². The van der Waals surface area contributed by atoms with Gasteiger partial charge in [-0.1, -0.05) is 109 Å². The summed E-state index contributed by atoms with van der Waals surface area (Å²) in [7, 11) is 0. The highest BCUT2D eigenvalue weighted by molar-refractivity contribution is 6.25. The standard InChI is InChI=1S/C48H29N3O/c1-2-11-30(12-3-1)31-13-10-14-32(27-31)49(33-22-26-46-40(28-33)37-17-6-9-20-45(37)52-46)34-21-25-43-44(29-34)51-42-19-8-5-16-36(42)39-24-23-38-35-15-4-7-18-41(35)50(43)47(38)48(39)51/h1-29H. The van der Waals surface area contributed by atoms with Crippen molar-refractivity contribution in [2.75, 3.05) is 4.90 Å². The third-order valence-electron chi connectivity index (χ3n) is 11.0. The van der Waals surface area contributed by atoms with E-state index in [0.29, 0.717) is 0 Å². The molecule has 0 fully saturated rings. The van der Waals surface area contributed by atoms with E-state index >= 15 is 0 Å². The molecule has 242 valence electrons. The minimum absolute atomic E-state index is 0.884. The van der Waals surface area contributed by atoms with Gasteiger partial charge < -0.3 is 18.1 Å². The van der Waals surface area contributed by atoms with Gasteiger partial charge in [-0.25, -0.2) is 0 Å². The molecule has 0 atom stereocenters. The Hall–Kier alpha value is -7.04. The molecule has 12 aromatic rings. The van der Waals surface area contributed by atoms with Crippen LogP contribution < -0.4 is 4.90 Å². The third-order valence-corrected chi connectivity index (χ3v) is 11.0. The van der Waals surface area contributed by atoms with Gasteiger partial charge in [0.05, 0.1) is 33.1 Å². The van der Waals surface area contributed by atoms with Crippen LogP contribution in [0.2, 0.25) is 0 Å². The summed E-state index contributed by atoms with van der Waals surface area (Å²) >= 11 is 0. The van der Waals surface area contributed by atoms with Gasteiger partial charge >= 0.3 is 0 Å². The average Bonchev–Trinajstić information content (AvgIpc) is 3.86. The van der Waals surface area contributed by atoms with E-state index in [4.69, 9.17) is 4.42 Å². The Morgan fingerprint density at radius 1 is 0.327 bits per heavy atom. The van der Waals surface area contributed by atoms with Crippen LogP contribution in [0.4, 0.5) is 17.1 Å².